The van der Waals surface area contributed by atoms with Crippen LogP contribution in [0.15, 0.2) is 0 Å². The van der Waals surface area contributed by atoms with Crippen molar-refractivity contribution in [3.63, 3.8) is 0 Å². The molecular formula is C9H16N4O2S. The standard InChI is InChI=1S/C9H16N4O2S/c1-6-11-7(13-12-6)8(14)10-4-9(2,15)5-16-3/h15H,4-5H2,1-3H3,(H,10,14)(H,11,12,13). The first-order valence-corrected chi connectivity index (χ1v) is 6.22. The number of hydrogen-bond acceptors (Lipinski definition) is 5. The minimum absolute atomic E-state index is 0.0949. The Morgan fingerprint density at radius 3 is 2.88 bits per heavy atom. The minimum atomic E-state index is -0.916. The predicted octanol–water partition coefficient (Wildman–Crippen LogP) is -0.0431. The van der Waals surface area contributed by atoms with Gasteiger partial charge in [0.05, 0.1) is 5.60 Å². The predicted molar refractivity (Wildman–Crippen MR) is 62.5 cm³/mol. The molecule has 1 atom stereocenters. The molecule has 0 radical (unpaired) electrons. The van der Waals surface area contributed by atoms with E-state index in [2.05, 4.69) is 20.5 Å². The Labute approximate surface area is 98.2 Å². The topological polar surface area (TPSA) is 90.9 Å². The van der Waals surface area contributed by atoms with Crippen molar-refractivity contribution < 1.29 is 9.90 Å². The molecule has 16 heavy (non-hydrogen) atoms. The van der Waals surface area contributed by atoms with Crippen molar-refractivity contribution in [2.75, 3.05) is 18.6 Å². The number of hydrogen-bond donors (Lipinski definition) is 3. The van der Waals surface area contributed by atoms with Crippen LogP contribution in [-0.2, 0) is 0 Å². The summed E-state index contributed by atoms with van der Waals surface area (Å²) in [4.78, 5) is 15.4. The van der Waals surface area contributed by atoms with E-state index in [9.17, 15) is 9.90 Å². The smallest absolute Gasteiger partial charge is 0.291 e. The first-order valence-electron chi connectivity index (χ1n) is 4.83. The largest absolute Gasteiger partial charge is 0.387 e. The number of thioether (sulfide) groups is 1. The fraction of sp³-hybridized carbons (Fsp3) is 0.667. The molecule has 0 aliphatic carbocycles. The Morgan fingerprint density at radius 1 is 1.69 bits per heavy atom. The second-order valence-corrected chi connectivity index (χ2v) is 4.72. The second-order valence-electron chi connectivity index (χ2n) is 3.86. The fourth-order valence-electron chi connectivity index (χ4n) is 1.16. The highest BCUT2D eigenvalue weighted by atomic mass is 32.2. The third-order valence-corrected chi connectivity index (χ3v) is 2.80. The van der Waals surface area contributed by atoms with Gasteiger partial charge in [-0.15, -0.1) is 5.10 Å². The minimum Gasteiger partial charge on any atom is -0.387 e. The average Bonchev–Trinajstić information content (AvgIpc) is 2.61. The number of aromatic amines is 1. The molecule has 0 aromatic carbocycles. The maximum Gasteiger partial charge on any atom is 0.291 e. The fourth-order valence-corrected chi connectivity index (χ4v) is 1.88. The monoisotopic (exact) mass is 244 g/mol. The molecule has 0 aliphatic heterocycles. The van der Waals surface area contributed by atoms with E-state index in [1.54, 1.807) is 13.8 Å². The van der Waals surface area contributed by atoms with E-state index in [1.807, 2.05) is 6.26 Å². The van der Waals surface area contributed by atoms with Crippen LogP contribution in [0, 0.1) is 6.92 Å². The number of aliphatic hydroxyl groups is 1. The van der Waals surface area contributed by atoms with Gasteiger partial charge in [0, 0.05) is 12.3 Å². The van der Waals surface area contributed by atoms with Crippen LogP contribution in [-0.4, -0.2) is 50.3 Å². The van der Waals surface area contributed by atoms with E-state index in [-0.39, 0.29) is 18.3 Å². The number of carbonyl (C=O) groups is 1. The molecule has 90 valence electrons. The normalized spacial score (nSPS) is 14.5. The lowest BCUT2D eigenvalue weighted by molar-refractivity contribution is 0.0719. The van der Waals surface area contributed by atoms with E-state index < -0.39 is 5.60 Å². The first kappa shape index (κ1) is 13.0. The molecule has 0 bridgehead atoms. The van der Waals surface area contributed by atoms with Crippen molar-refractivity contribution in [1.82, 2.24) is 20.5 Å². The number of amides is 1. The van der Waals surface area contributed by atoms with Gasteiger partial charge in [-0.3, -0.25) is 9.89 Å². The summed E-state index contributed by atoms with van der Waals surface area (Å²) in [5, 5.41) is 18.7. The van der Waals surface area contributed by atoms with Crippen LogP contribution in [0.1, 0.15) is 23.4 Å². The van der Waals surface area contributed by atoms with E-state index in [0.29, 0.717) is 11.6 Å². The second kappa shape index (κ2) is 5.31. The zero-order chi connectivity index (χ0) is 12.2. The Balaban J connectivity index is 2.47. The molecule has 0 fully saturated rings. The number of aromatic nitrogens is 3. The molecular weight excluding hydrogens is 228 g/mol. The van der Waals surface area contributed by atoms with Crippen molar-refractivity contribution in [3.05, 3.63) is 11.6 Å². The van der Waals surface area contributed by atoms with E-state index >= 15 is 0 Å². The molecule has 6 nitrogen and oxygen atoms in total. The summed E-state index contributed by atoms with van der Waals surface area (Å²) >= 11 is 1.52. The zero-order valence-corrected chi connectivity index (χ0v) is 10.4. The van der Waals surface area contributed by atoms with Crippen molar-refractivity contribution in [2.24, 2.45) is 0 Å². The van der Waals surface area contributed by atoms with Crippen LogP contribution in [0.25, 0.3) is 0 Å². The molecule has 7 heteroatoms. The highest BCUT2D eigenvalue weighted by molar-refractivity contribution is 7.98. The van der Waals surface area contributed by atoms with E-state index in [4.69, 9.17) is 0 Å². The quantitative estimate of drug-likeness (QED) is 0.676. The lowest BCUT2D eigenvalue weighted by atomic mass is 10.1. The summed E-state index contributed by atoms with van der Waals surface area (Å²) < 4.78 is 0. The van der Waals surface area contributed by atoms with Gasteiger partial charge in [-0.25, -0.2) is 4.98 Å². The Kier molecular flexibility index (Phi) is 4.31. The van der Waals surface area contributed by atoms with Crippen molar-refractivity contribution in [1.29, 1.82) is 0 Å². The highest BCUT2D eigenvalue weighted by Gasteiger charge is 2.21. The number of nitrogens with zero attached hydrogens (tertiary/aromatic N) is 2. The molecule has 1 amide bonds. The molecule has 0 saturated heterocycles. The van der Waals surface area contributed by atoms with Crippen LogP contribution in [0.4, 0.5) is 0 Å². The van der Waals surface area contributed by atoms with Gasteiger partial charge in [0.15, 0.2) is 0 Å². The lowest BCUT2D eigenvalue weighted by Gasteiger charge is -2.21. The van der Waals surface area contributed by atoms with Crippen LogP contribution in [0.3, 0.4) is 0 Å². The van der Waals surface area contributed by atoms with E-state index in [0.717, 1.165) is 0 Å². The van der Waals surface area contributed by atoms with Crippen LogP contribution in [0.5, 0.6) is 0 Å². The van der Waals surface area contributed by atoms with Gasteiger partial charge >= 0.3 is 0 Å². The molecule has 1 rings (SSSR count). The van der Waals surface area contributed by atoms with Gasteiger partial charge in [-0.2, -0.15) is 11.8 Å². The summed E-state index contributed by atoms with van der Waals surface area (Å²) in [6.45, 7) is 3.57. The Hall–Kier alpha value is -1.08. The number of nitrogens with one attached hydrogen (secondary N) is 2. The van der Waals surface area contributed by atoms with Gasteiger partial charge in [0.2, 0.25) is 5.82 Å². The molecule has 1 heterocycles. The highest BCUT2D eigenvalue weighted by Crippen LogP contribution is 2.09. The average molecular weight is 244 g/mol. The number of rotatable bonds is 5. The van der Waals surface area contributed by atoms with Gasteiger partial charge in [-0.1, -0.05) is 0 Å². The van der Waals surface area contributed by atoms with Crippen molar-refractivity contribution >= 4 is 17.7 Å². The summed E-state index contributed by atoms with van der Waals surface area (Å²) in [6.07, 6.45) is 1.90. The third kappa shape index (κ3) is 3.82. The summed E-state index contributed by atoms with van der Waals surface area (Å²) in [6, 6.07) is 0. The Morgan fingerprint density at radius 2 is 2.38 bits per heavy atom. The van der Waals surface area contributed by atoms with Gasteiger partial charge in [-0.05, 0) is 20.1 Å². The zero-order valence-electron chi connectivity index (χ0n) is 9.57. The number of aryl methyl sites for hydroxylation is 1. The first-order chi connectivity index (χ1) is 7.44. The Bertz CT molecular complexity index is 364. The van der Waals surface area contributed by atoms with Crippen molar-refractivity contribution in [2.45, 2.75) is 19.4 Å². The lowest BCUT2D eigenvalue weighted by Crippen LogP contribution is -2.42. The van der Waals surface area contributed by atoms with Crippen LogP contribution in [0.2, 0.25) is 0 Å². The van der Waals surface area contributed by atoms with Crippen LogP contribution >= 0.6 is 11.8 Å². The summed E-state index contributed by atoms with van der Waals surface area (Å²) in [7, 11) is 0. The molecule has 0 spiro atoms. The molecule has 1 aromatic rings. The summed E-state index contributed by atoms with van der Waals surface area (Å²) in [5.41, 5.74) is -0.916. The SMILES string of the molecule is CSCC(C)(O)CNC(=O)c1n[nH]c(C)n1. The summed E-state index contributed by atoms with van der Waals surface area (Å²) in [5.74, 6) is 0.851. The maximum absolute atomic E-state index is 11.5. The molecule has 0 aliphatic rings. The number of carbonyl (C=O) groups excluding carboxylic acids is 1. The van der Waals surface area contributed by atoms with Gasteiger partial charge in [0.25, 0.3) is 5.91 Å². The molecule has 1 unspecified atom stereocenters. The molecule has 1 aromatic heterocycles. The third-order valence-electron chi connectivity index (χ3n) is 1.89. The van der Waals surface area contributed by atoms with Gasteiger partial charge < -0.3 is 10.4 Å². The van der Waals surface area contributed by atoms with Crippen LogP contribution < -0.4 is 5.32 Å². The van der Waals surface area contributed by atoms with E-state index in [1.165, 1.54) is 11.8 Å². The van der Waals surface area contributed by atoms with Gasteiger partial charge in [0.1, 0.15) is 5.82 Å². The number of H-pyrrole nitrogens is 1. The molecule has 0 saturated carbocycles. The van der Waals surface area contributed by atoms with Crippen molar-refractivity contribution in [3.8, 4) is 0 Å². The molecule has 3 N–H and O–H groups in total. The maximum atomic E-state index is 11.5.